The maximum Gasteiger partial charge on any atom is 0.255 e. The molecule has 1 amide bonds. The zero-order chi connectivity index (χ0) is 27.1. The number of carbonyl (C=O) groups excluding carboxylic acids is 2. The second-order valence-corrected chi connectivity index (χ2v) is 10.1. The summed E-state index contributed by atoms with van der Waals surface area (Å²) in [6.07, 6.45) is 5.66. The zero-order valence-corrected chi connectivity index (χ0v) is 21.6. The van der Waals surface area contributed by atoms with Gasteiger partial charge in [-0.15, -0.1) is 0 Å². The Morgan fingerprint density at radius 1 is 1.03 bits per heavy atom. The molecule has 3 aromatic heterocycles. The molecule has 194 valence electrons. The molecule has 6 nitrogen and oxygen atoms in total. The Morgan fingerprint density at radius 3 is 2.51 bits per heavy atom. The van der Waals surface area contributed by atoms with Crippen molar-refractivity contribution < 1.29 is 18.4 Å². The largest absolute Gasteiger partial charge is 0.454 e. The Labute approximate surface area is 224 Å². The first-order chi connectivity index (χ1) is 18.9. The number of benzene rings is 2. The van der Waals surface area contributed by atoms with E-state index in [4.69, 9.17) is 4.42 Å². The number of Topliss-reactive ketones (excluding diaryl/α,β-unsaturated/α-hetero) is 1. The van der Waals surface area contributed by atoms with E-state index in [0.29, 0.717) is 45.5 Å². The van der Waals surface area contributed by atoms with E-state index in [1.54, 1.807) is 31.6 Å². The number of aryl methyl sites for hydroxylation is 1. The van der Waals surface area contributed by atoms with E-state index >= 15 is 0 Å². The van der Waals surface area contributed by atoms with E-state index < -0.39 is 0 Å². The molecule has 1 aliphatic rings. The molecule has 7 heteroatoms. The fourth-order valence-electron chi connectivity index (χ4n) is 5.14. The summed E-state index contributed by atoms with van der Waals surface area (Å²) in [5, 5.41) is 3.26. The van der Waals surface area contributed by atoms with Crippen molar-refractivity contribution in [3.63, 3.8) is 0 Å². The zero-order valence-electron chi connectivity index (χ0n) is 21.6. The Balaban J connectivity index is 1.39. The van der Waals surface area contributed by atoms with Gasteiger partial charge in [-0.3, -0.25) is 19.6 Å². The van der Waals surface area contributed by atoms with Crippen LogP contribution in [0.4, 0.5) is 4.39 Å². The molecule has 1 N–H and O–H groups in total. The smallest absolute Gasteiger partial charge is 0.255 e. The second kappa shape index (κ2) is 9.58. The molecule has 0 saturated heterocycles. The van der Waals surface area contributed by atoms with Gasteiger partial charge < -0.3 is 9.73 Å². The predicted molar refractivity (Wildman–Crippen MR) is 147 cm³/mol. The number of ketones is 1. The third-order valence-corrected chi connectivity index (χ3v) is 7.53. The fraction of sp³-hybridized carbons (Fsp3) is 0.188. The molecule has 2 aromatic carbocycles. The van der Waals surface area contributed by atoms with Crippen LogP contribution in [0.2, 0.25) is 0 Å². The highest BCUT2D eigenvalue weighted by atomic mass is 19.1. The SMILES string of the molecule is CNC(=O)c1c(-c2ccc(F)cc2)oc2cnc(-c3cc(C(=O)CC4(c5ccccn5)CC4)ccc3C)cc12. The van der Waals surface area contributed by atoms with E-state index in [9.17, 15) is 14.0 Å². The minimum Gasteiger partial charge on any atom is -0.454 e. The first kappa shape index (κ1) is 24.7. The summed E-state index contributed by atoms with van der Waals surface area (Å²) in [6.45, 7) is 1.96. The second-order valence-electron chi connectivity index (χ2n) is 10.1. The van der Waals surface area contributed by atoms with E-state index in [0.717, 1.165) is 29.7 Å². The summed E-state index contributed by atoms with van der Waals surface area (Å²) in [5.41, 5.74) is 5.14. The molecule has 0 radical (unpaired) electrons. The Hall–Kier alpha value is -4.65. The van der Waals surface area contributed by atoms with E-state index in [1.807, 2.05) is 49.4 Å². The first-order valence-corrected chi connectivity index (χ1v) is 12.8. The molecule has 6 rings (SSSR count). The molecule has 1 aliphatic carbocycles. The van der Waals surface area contributed by atoms with Crippen molar-refractivity contribution in [1.82, 2.24) is 15.3 Å². The van der Waals surface area contributed by atoms with Gasteiger partial charge in [0, 0.05) is 52.9 Å². The van der Waals surface area contributed by atoms with Crippen LogP contribution < -0.4 is 5.32 Å². The fourth-order valence-corrected chi connectivity index (χ4v) is 5.14. The third-order valence-electron chi connectivity index (χ3n) is 7.53. The minimum atomic E-state index is -0.377. The van der Waals surface area contributed by atoms with Crippen LogP contribution in [0, 0.1) is 12.7 Å². The molecule has 3 heterocycles. The number of halogens is 1. The number of rotatable bonds is 7. The summed E-state index contributed by atoms with van der Waals surface area (Å²) < 4.78 is 19.6. The van der Waals surface area contributed by atoms with Gasteiger partial charge in [0.05, 0.1) is 17.5 Å². The number of pyridine rings is 2. The van der Waals surface area contributed by atoms with Crippen LogP contribution in [0.1, 0.15) is 51.2 Å². The molecule has 0 bridgehead atoms. The summed E-state index contributed by atoms with van der Waals surface area (Å²) in [4.78, 5) is 35.5. The van der Waals surface area contributed by atoms with Crippen molar-refractivity contribution in [2.75, 3.05) is 7.05 Å². The molecule has 39 heavy (non-hydrogen) atoms. The van der Waals surface area contributed by atoms with Crippen LogP contribution in [-0.4, -0.2) is 28.7 Å². The lowest BCUT2D eigenvalue weighted by Gasteiger charge is -2.14. The van der Waals surface area contributed by atoms with Gasteiger partial charge in [0.25, 0.3) is 5.91 Å². The number of furan rings is 1. The number of nitrogens with zero attached hydrogens (tertiary/aromatic N) is 2. The van der Waals surface area contributed by atoms with Crippen LogP contribution in [0.15, 0.2) is 83.5 Å². The quantitative estimate of drug-likeness (QED) is 0.243. The van der Waals surface area contributed by atoms with Gasteiger partial charge in [-0.25, -0.2) is 4.39 Å². The van der Waals surface area contributed by atoms with Crippen LogP contribution in [0.5, 0.6) is 0 Å². The molecular weight excluding hydrogens is 493 g/mol. The lowest BCUT2D eigenvalue weighted by Crippen LogP contribution is -2.18. The highest BCUT2D eigenvalue weighted by Gasteiger charge is 2.47. The lowest BCUT2D eigenvalue weighted by atomic mass is 9.90. The van der Waals surface area contributed by atoms with Crippen molar-refractivity contribution in [3.05, 3.63) is 107 Å². The average Bonchev–Trinajstić information content (AvgIpc) is 3.65. The highest BCUT2D eigenvalue weighted by molar-refractivity contribution is 6.11. The van der Waals surface area contributed by atoms with E-state index in [-0.39, 0.29) is 22.9 Å². The molecule has 1 saturated carbocycles. The molecule has 1 fully saturated rings. The average molecular weight is 520 g/mol. The van der Waals surface area contributed by atoms with Gasteiger partial charge in [-0.05, 0) is 73.9 Å². The van der Waals surface area contributed by atoms with Crippen molar-refractivity contribution in [2.24, 2.45) is 0 Å². The van der Waals surface area contributed by atoms with Gasteiger partial charge in [-0.1, -0.05) is 18.2 Å². The van der Waals surface area contributed by atoms with Gasteiger partial charge in [0.15, 0.2) is 11.4 Å². The van der Waals surface area contributed by atoms with Crippen LogP contribution in [0.25, 0.3) is 33.6 Å². The highest BCUT2D eigenvalue weighted by Crippen LogP contribution is 2.50. The molecule has 0 spiro atoms. The number of nitrogens with one attached hydrogen (secondary N) is 1. The maximum atomic E-state index is 13.5. The van der Waals surface area contributed by atoms with Crippen LogP contribution >= 0.6 is 0 Å². The van der Waals surface area contributed by atoms with Crippen LogP contribution in [-0.2, 0) is 5.41 Å². The van der Waals surface area contributed by atoms with E-state index in [1.165, 1.54) is 12.1 Å². The number of aromatic nitrogens is 2. The van der Waals surface area contributed by atoms with Gasteiger partial charge in [-0.2, -0.15) is 0 Å². The number of amides is 1. The molecular formula is C32H26FN3O3. The van der Waals surface area contributed by atoms with Gasteiger partial charge >= 0.3 is 0 Å². The molecule has 5 aromatic rings. The Kier molecular flexibility index (Phi) is 6.06. The third kappa shape index (κ3) is 4.50. The summed E-state index contributed by atoms with van der Waals surface area (Å²) >= 11 is 0. The van der Waals surface area contributed by atoms with Crippen molar-refractivity contribution in [1.29, 1.82) is 0 Å². The summed E-state index contributed by atoms with van der Waals surface area (Å²) in [5.74, 6) is -0.297. The van der Waals surface area contributed by atoms with Gasteiger partial charge in [0.1, 0.15) is 11.6 Å². The lowest BCUT2D eigenvalue weighted by molar-refractivity contribution is 0.0958. The number of fused-ring (bicyclic) bond motifs is 1. The predicted octanol–water partition coefficient (Wildman–Crippen LogP) is 6.67. The monoisotopic (exact) mass is 519 g/mol. The van der Waals surface area contributed by atoms with Crippen molar-refractivity contribution >= 4 is 22.7 Å². The number of hydrogen-bond acceptors (Lipinski definition) is 5. The number of carbonyl (C=O) groups is 2. The summed E-state index contributed by atoms with van der Waals surface area (Å²) in [7, 11) is 1.55. The Morgan fingerprint density at radius 2 is 1.82 bits per heavy atom. The van der Waals surface area contributed by atoms with Gasteiger partial charge in [0.2, 0.25) is 0 Å². The molecule has 0 unspecified atom stereocenters. The summed E-state index contributed by atoms with van der Waals surface area (Å²) in [6, 6.07) is 19.1. The molecule has 0 aliphatic heterocycles. The normalized spacial score (nSPS) is 13.8. The van der Waals surface area contributed by atoms with Crippen LogP contribution in [0.3, 0.4) is 0 Å². The van der Waals surface area contributed by atoms with Crippen molar-refractivity contribution in [2.45, 2.75) is 31.6 Å². The first-order valence-electron chi connectivity index (χ1n) is 12.8. The van der Waals surface area contributed by atoms with Crippen molar-refractivity contribution in [3.8, 4) is 22.6 Å². The van der Waals surface area contributed by atoms with E-state index in [2.05, 4.69) is 15.3 Å². The molecule has 0 atom stereocenters. The maximum absolute atomic E-state index is 13.5. The minimum absolute atomic E-state index is 0.0634. The topological polar surface area (TPSA) is 85.1 Å². The number of hydrogen-bond donors (Lipinski definition) is 1. The Bertz CT molecular complexity index is 1720. The standard InChI is InChI=1S/C32H26FN3O3/c1-19-6-7-21(26(37)17-32(12-13-32)28-5-3-4-14-35-28)15-23(19)25-16-24-27(18-36-25)39-30(29(24)31(38)34-2)20-8-10-22(33)11-9-20/h3-11,14-16,18H,12-13,17H2,1-2H3,(H,34,38).